The maximum absolute atomic E-state index is 4.05. The van der Waals surface area contributed by atoms with Crippen LogP contribution in [0.25, 0.3) is 12.8 Å². The van der Waals surface area contributed by atoms with E-state index in [-0.39, 0.29) is 0 Å². The first kappa shape index (κ1) is 11.3. The van der Waals surface area contributed by atoms with Crippen molar-refractivity contribution >= 4 is 12.8 Å². The zero-order chi connectivity index (χ0) is 11.4. The van der Waals surface area contributed by atoms with Crippen molar-refractivity contribution in [3.63, 3.8) is 0 Å². The van der Waals surface area contributed by atoms with Crippen molar-refractivity contribution in [1.82, 2.24) is 5.32 Å². The maximum atomic E-state index is 4.05. The molecule has 0 aliphatic heterocycles. The highest BCUT2D eigenvalue weighted by atomic mass is 14.9. The van der Waals surface area contributed by atoms with E-state index in [9.17, 15) is 0 Å². The molecule has 1 aliphatic rings. The van der Waals surface area contributed by atoms with Gasteiger partial charge in [-0.15, -0.1) is 0 Å². The van der Waals surface area contributed by atoms with Gasteiger partial charge in [-0.05, 0) is 30.2 Å². The van der Waals surface area contributed by atoms with E-state index in [1.54, 1.807) is 0 Å². The van der Waals surface area contributed by atoms with Gasteiger partial charge < -0.3 is 5.32 Å². The standard InChI is InChI=1S/C15H21N/c1-12-8-9-13(2)14(10-12)11-16-15-6-4-3-5-7-15/h8-11,15-16H,2-7H2,1H3/b14-11+. The SMILES string of the molecule is C=c1ccc(C)c/c1=C\NC1CCCCC1. The number of aryl methyl sites for hydroxylation is 1. The van der Waals surface area contributed by atoms with Crippen LogP contribution in [0, 0.1) is 6.92 Å². The van der Waals surface area contributed by atoms with Crippen LogP contribution in [0.2, 0.25) is 0 Å². The summed E-state index contributed by atoms with van der Waals surface area (Å²) in [4.78, 5) is 0. The van der Waals surface area contributed by atoms with Crippen molar-refractivity contribution in [2.45, 2.75) is 45.1 Å². The second-order valence-electron chi connectivity index (χ2n) is 4.85. The number of benzene rings is 1. The number of rotatable bonds is 2. The van der Waals surface area contributed by atoms with Gasteiger partial charge in [-0.1, -0.05) is 49.6 Å². The summed E-state index contributed by atoms with van der Waals surface area (Å²) in [5, 5.41) is 5.87. The van der Waals surface area contributed by atoms with Crippen molar-refractivity contribution in [1.29, 1.82) is 0 Å². The van der Waals surface area contributed by atoms with Gasteiger partial charge in [0, 0.05) is 12.2 Å². The van der Waals surface area contributed by atoms with E-state index in [1.807, 2.05) is 0 Å². The highest BCUT2D eigenvalue weighted by Crippen LogP contribution is 2.16. The molecule has 0 radical (unpaired) electrons. The molecule has 0 atom stereocenters. The van der Waals surface area contributed by atoms with E-state index in [0.29, 0.717) is 6.04 Å². The molecule has 1 saturated carbocycles. The predicted octanol–water partition coefficient (Wildman–Crippen LogP) is 2.07. The number of hydrogen-bond acceptors (Lipinski definition) is 1. The Labute approximate surface area is 97.9 Å². The molecule has 1 fully saturated rings. The maximum Gasteiger partial charge on any atom is 0.0255 e. The molecule has 0 amide bonds. The summed E-state index contributed by atoms with van der Waals surface area (Å²) in [6.07, 6.45) is 8.92. The van der Waals surface area contributed by atoms with Crippen LogP contribution in [0.15, 0.2) is 18.2 Å². The Balaban J connectivity index is 2.10. The van der Waals surface area contributed by atoms with Crippen LogP contribution in [0.5, 0.6) is 0 Å². The van der Waals surface area contributed by atoms with Gasteiger partial charge in [0.15, 0.2) is 0 Å². The van der Waals surface area contributed by atoms with Gasteiger partial charge in [-0.2, -0.15) is 0 Å². The molecule has 0 bridgehead atoms. The third kappa shape index (κ3) is 2.88. The summed E-state index contributed by atoms with van der Waals surface area (Å²) in [6, 6.07) is 7.07. The van der Waals surface area contributed by atoms with Gasteiger partial charge in [-0.3, -0.25) is 0 Å². The lowest BCUT2D eigenvalue weighted by Crippen LogP contribution is -2.32. The molecule has 86 valence electrons. The molecular formula is C15H21N. The second-order valence-corrected chi connectivity index (χ2v) is 4.85. The first-order valence-corrected chi connectivity index (χ1v) is 6.27. The minimum Gasteiger partial charge on any atom is -0.388 e. The number of nitrogens with one attached hydrogen (secondary N) is 1. The molecular weight excluding hydrogens is 194 g/mol. The lowest BCUT2D eigenvalue weighted by atomic mass is 9.96. The second kappa shape index (κ2) is 5.20. The first-order valence-electron chi connectivity index (χ1n) is 6.27. The molecule has 1 aromatic carbocycles. The average molecular weight is 215 g/mol. The fourth-order valence-corrected chi connectivity index (χ4v) is 2.33. The van der Waals surface area contributed by atoms with Gasteiger partial charge in [-0.25, -0.2) is 0 Å². The Morgan fingerprint density at radius 3 is 2.75 bits per heavy atom. The van der Waals surface area contributed by atoms with E-state index in [1.165, 1.54) is 42.9 Å². The fourth-order valence-electron chi connectivity index (χ4n) is 2.33. The molecule has 2 rings (SSSR count). The third-order valence-corrected chi connectivity index (χ3v) is 3.38. The Hall–Kier alpha value is -1.24. The van der Waals surface area contributed by atoms with Crippen LogP contribution in [-0.2, 0) is 0 Å². The van der Waals surface area contributed by atoms with Gasteiger partial charge in [0.1, 0.15) is 0 Å². The molecule has 1 nitrogen and oxygen atoms in total. The van der Waals surface area contributed by atoms with Crippen LogP contribution in [0.3, 0.4) is 0 Å². The first-order chi connectivity index (χ1) is 7.75. The minimum absolute atomic E-state index is 0.675. The smallest absolute Gasteiger partial charge is 0.0255 e. The topological polar surface area (TPSA) is 12.0 Å². The molecule has 0 unspecified atom stereocenters. The number of hydrogen-bond donors (Lipinski definition) is 1. The summed E-state index contributed by atoms with van der Waals surface area (Å²) >= 11 is 0. The molecule has 0 saturated heterocycles. The Bertz CT molecular complexity index is 441. The fraction of sp³-hybridized carbons (Fsp3) is 0.467. The molecule has 1 aromatic rings. The Kier molecular flexibility index (Phi) is 3.66. The van der Waals surface area contributed by atoms with Crippen molar-refractivity contribution in [3.05, 3.63) is 34.2 Å². The summed E-state index contributed by atoms with van der Waals surface area (Å²) in [7, 11) is 0. The lowest BCUT2D eigenvalue weighted by molar-refractivity contribution is 0.412. The van der Waals surface area contributed by atoms with E-state index >= 15 is 0 Å². The van der Waals surface area contributed by atoms with Crippen LogP contribution < -0.4 is 15.8 Å². The quantitative estimate of drug-likeness (QED) is 0.796. The van der Waals surface area contributed by atoms with Gasteiger partial charge in [0.05, 0.1) is 0 Å². The molecule has 1 heteroatoms. The van der Waals surface area contributed by atoms with E-state index in [0.717, 1.165) is 5.22 Å². The zero-order valence-corrected chi connectivity index (χ0v) is 10.1. The third-order valence-electron chi connectivity index (χ3n) is 3.38. The van der Waals surface area contributed by atoms with Crippen molar-refractivity contribution in [3.8, 4) is 0 Å². The summed E-state index contributed by atoms with van der Waals surface area (Å²) in [6.45, 7) is 6.18. The van der Waals surface area contributed by atoms with E-state index in [2.05, 4.69) is 43.2 Å². The highest BCUT2D eigenvalue weighted by molar-refractivity contribution is 5.28. The largest absolute Gasteiger partial charge is 0.388 e. The van der Waals surface area contributed by atoms with Gasteiger partial charge >= 0.3 is 0 Å². The van der Waals surface area contributed by atoms with Crippen LogP contribution in [0.4, 0.5) is 0 Å². The van der Waals surface area contributed by atoms with Gasteiger partial charge in [0.25, 0.3) is 0 Å². The average Bonchev–Trinajstić information content (AvgIpc) is 2.32. The van der Waals surface area contributed by atoms with Crippen molar-refractivity contribution in [2.24, 2.45) is 0 Å². The van der Waals surface area contributed by atoms with Crippen molar-refractivity contribution < 1.29 is 0 Å². The predicted molar refractivity (Wildman–Crippen MR) is 70.4 cm³/mol. The normalized spacial score (nSPS) is 18.7. The molecule has 1 N–H and O–H groups in total. The van der Waals surface area contributed by atoms with Gasteiger partial charge in [0.2, 0.25) is 0 Å². The Morgan fingerprint density at radius 2 is 2.00 bits per heavy atom. The summed E-state index contributed by atoms with van der Waals surface area (Å²) in [5.74, 6) is 0. The minimum atomic E-state index is 0.675. The molecule has 0 spiro atoms. The molecule has 0 heterocycles. The van der Waals surface area contributed by atoms with E-state index < -0.39 is 0 Å². The van der Waals surface area contributed by atoms with Crippen molar-refractivity contribution in [2.75, 3.05) is 0 Å². The highest BCUT2D eigenvalue weighted by Gasteiger charge is 2.10. The van der Waals surface area contributed by atoms with Crippen LogP contribution >= 0.6 is 0 Å². The molecule has 1 aliphatic carbocycles. The summed E-state index contributed by atoms with van der Waals surface area (Å²) < 4.78 is 0. The van der Waals surface area contributed by atoms with E-state index in [4.69, 9.17) is 0 Å². The summed E-state index contributed by atoms with van der Waals surface area (Å²) in [5.41, 5.74) is 1.30. The lowest BCUT2D eigenvalue weighted by Gasteiger charge is -2.21. The monoisotopic (exact) mass is 215 g/mol. The zero-order valence-electron chi connectivity index (χ0n) is 10.1. The van der Waals surface area contributed by atoms with Crippen LogP contribution in [0.1, 0.15) is 37.7 Å². The Morgan fingerprint density at radius 1 is 1.25 bits per heavy atom. The molecule has 16 heavy (non-hydrogen) atoms. The van der Waals surface area contributed by atoms with Crippen LogP contribution in [-0.4, -0.2) is 6.04 Å². The molecule has 0 aromatic heterocycles.